The first-order valence-corrected chi connectivity index (χ1v) is 13.7. The Morgan fingerprint density at radius 3 is 2.52 bits per heavy atom. The topological polar surface area (TPSA) is 84.7 Å². The lowest BCUT2D eigenvalue weighted by atomic mass is 10.1. The Morgan fingerprint density at radius 1 is 1.05 bits per heavy atom. The first kappa shape index (κ1) is 29.0. The summed E-state index contributed by atoms with van der Waals surface area (Å²) in [5, 5.41) is 4.87. The summed E-state index contributed by atoms with van der Waals surface area (Å²) < 4.78 is 13.1. The van der Waals surface area contributed by atoms with Crippen molar-refractivity contribution in [3.05, 3.63) is 116 Å². The van der Waals surface area contributed by atoms with Gasteiger partial charge >= 0.3 is 12.0 Å². The van der Waals surface area contributed by atoms with Crippen molar-refractivity contribution in [3.63, 3.8) is 0 Å². The summed E-state index contributed by atoms with van der Waals surface area (Å²) in [4.78, 5) is 32.0. The Hall–Kier alpha value is -4.03. The van der Waals surface area contributed by atoms with E-state index in [9.17, 15) is 14.0 Å². The molecule has 2 amide bonds. The van der Waals surface area contributed by atoms with Crippen molar-refractivity contribution >= 4 is 57.9 Å². The molecule has 0 saturated carbocycles. The highest BCUT2D eigenvalue weighted by Crippen LogP contribution is 2.30. The number of rotatable bonds is 7. The number of thiophene rings is 1. The minimum absolute atomic E-state index is 0.143. The zero-order valence-electron chi connectivity index (χ0n) is 21.3. The number of halogens is 3. The molecule has 0 aliphatic heterocycles. The van der Waals surface area contributed by atoms with E-state index < -0.39 is 18.0 Å². The average molecular weight is 597 g/mol. The molecule has 1 heterocycles. The lowest BCUT2D eigenvalue weighted by Gasteiger charge is -2.22. The third kappa shape index (κ3) is 7.99. The van der Waals surface area contributed by atoms with E-state index >= 15 is 0 Å². The fraction of sp³-hybridized carbons (Fsp3) is 0.133. The van der Waals surface area contributed by atoms with Gasteiger partial charge in [0.1, 0.15) is 11.9 Å². The largest absolute Gasteiger partial charge is 0.354 e. The van der Waals surface area contributed by atoms with Crippen LogP contribution in [0.4, 0.5) is 20.6 Å². The molecule has 1 unspecified atom stereocenters. The van der Waals surface area contributed by atoms with E-state index in [0.29, 0.717) is 33.4 Å². The number of primary amides is 1. The molecule has 1 aromatic heterocycles. The van der Waals surface area contributed by atoms with Crippen LogP contribution in [0.25, 0.3) is 0 Å². The van der Waals surface area contributed by atoms with Gasteiger partial charge in [-0.15, -0.1) is 16.4 Å². The van der Waals surface area contributed by atoms with Gasteiger partial charge in [-0.1, -0.05) is 65.4 Å². The third-order valence-corrected chi connectivity index (χ3v) is 7.23. The van der Waals surface area contributed by atoms with Crippen LogP contribution in [0.5, 0.6) is 0 Å². The Labute approximate surface area is 245 Å². The quantitative estimate of drug-likeness (QED) is 0.173. The molecule has 0 aliphatic rings. The van der Waals surface area contributed by atoms with Crippen molar-refractivity contribution in [2.24, 2.45) is 5.73 Å². The number of nitrogens with two attached hydrogens (primary N) is 1. The van der Waals surface area contributed by atoms with Gasteiger partial charge in [0.05, 0.1) is 22.0 Å². The van der Waals surface area contributed by atoms with Gasteiger partial charge in [-0.05, 0) is 66.6 Å². The van der Waals surface area contributed by atoms with Crippen molar-refractivity contribution in [2.75, 3.05) is 5.32 Å². The minimum Gasteiger partial charge on any atom is -0.354 e. The van der Waals surface area contributed by atoms with Gasteiger partial charge < -0.3 is 15.9 Å². The average Bonchev–Trinajstić information content (AvgIpc) is 3.37. The molecule has 6 nitrogen and oxygen atoms in total. The molecule has 3 aromatic carbocycles. The second-order valence-electron chi connectivity index (χ2n) is 8.72. The normalized spacial score (nSPS) is 11.2. The van der Waals surface area contributed by atoms with Crippen LogP contribution >= 0.6 is 34.5 Å². The van der Waals surface area contributed by atoms with Gasteiger partial charge in [-0.2, -0.15) is 0 Å². The van der Waals surface area contributed by atoms with Crippen LogP contribution in [0.15, 0.2) is 78.9 Å². The molecular weight excluding hydrogens is 572 g/mol. The summed E-state index contributed by atoms with van der Waals surface area (Å²) in [6.07, 6.45) is 0.504. The highest BCUT2D eigenvalue weighted by Gasteiger charge is 2.22. The van der Waals surface area contributed by atoms with Crippen LogP contribution in [-0.2, 0) is 22.5 Å². The summed E-state index contributed by atoms with van der Waals surface area (Å²) in [7, 11) is 0. The second kappa shape index (κ2) is 13.4. The first-order valence-electron chi connectivity index (χ1n) is 12.1. The molecule has 0 bridgehead atoms. The van der Waals surface area contributed by atoms with Crippen LogP contribution in [0.3, 0.4) is 0 Å². The summed E-state index contributed by atoms with van der Waals surface area (Å²) >= 11 is 13.7. The number of hydrogen-bond donors (Lipinski definition) is 2. The number of carbonyl (C=O) groups is 2. The first-order chi connectivity index (χ1) is 19.2. The molecule has 204 valence electrons. The second-order valence-corrected chi connectivity index (χ2v) is 10.7. The van der Waals surface area contributed by atoms with E-state index in [1.807, 2.05) is 18.2 Å². The summed E-state index contributed by atoms with van der Waals surface area (Å²) in [6, 6.07) is 20.6. The number of anilines is 2. The molecule has 0 spiro atoms. The number of nitrogens with one attached hydrogen (secondary N) is 1. The van der Waals surface area contributed by atoms with Gasteiger partial charge in [0.25, 0.3) is 0 Å². The van der Waals surface area contributed by atoms with Gasteiger partial charge in [-0.3, -0.25) is 0 Å². The van der Waals surface area contributed by atoms with E-state index in [4.69, 9.17) is 33.8 Å². The predicted molar refractivity (Wildman–Crippen MR) is 157 cm³/mol. The number of hydroxylamine groups is 2. The maximum absolute atomic E-state index is 13.1. The fourth-order valence-corrected chi connectivity index (χ4v) is 5.08. The number of benzene rings is 3. The van der Waals surface area contributed by atoms with Gasteiger partial charge in [0, 0.05) is 22.0 Å². The van der Waals surface area contributed by atoms with Crippen molar-refractivity contribution in [2.45, 2.75) is 25.8 Å². The summed E-state index contributed by atoms with van der Waals surface area (Å²) in [5.41, 5.74) is 8.34. The van der Waals surface area contributed by atoms with E-state index in [1.54, 1.807) is 55.5 Å². The molecule has 0 radical (unpaired) electrons. The minimum atomic E-state index is -0.947. The maximum Gasteiger partial charge on any atom is 0.349 e. The lowest BCUT2D eigenvalue weighted by Crippen LogP contribution is -2.43. The molecule has 1 atom stereocenters. The van der Waals surface area contributed by atoms with Crippen molar-refractivity contribution in [3.8, 4) is 11.8 Å². The van der Waals surface area contributed by atoms with E-state index in [2.05, 4.69) is 17.2 Å². The number of urea groups is 1. The number of hydrogen-bond acceptors (Lipinski definition) is 5. The van der Waals surface area contributed by atoms with Crippen molar-refractivity contribution < 1.29 is 18.8 Å². The van der Waals surface area contributed by atoms with Crippen LogP contribution in [-0.4, -0.2) is 23.1 Å². The van der Waals surface area contributed by atoms with Crippen LogP contribution in [0, 0.1) is 17.7 Å². The zero-order valence-corrected chi connectivity index (χ0v) is 23.6. The number of amides is 2. The van der Waals surface area contributed by atoms with Crippen LogP contribution < -0.4 is 11.1 Å². The molecule has 0 saturated heterocycles. The van der Waals surface area contributed by atoms with E-state index in [1.165, 1.54) is 23.5 Å². The molecule has 10 heteroatoms. The number of nitrogens with zero attached hydrogens (tertiary/aromatic N) is 1. The maximum atomic E-state index is 13.1. The van der Waals surface area contributed by atoms with Gasteiger partial charge in [0.2, 0.25) is 0 Å². The highest BCUT2D eigenvalue weighted by molar-refractivity contribution is 7.12. The molecule has 4 rings (SSSR count). The number of carbonyl (C=O) groups excluding carboxylic acids is 2. The summed E-state index contributed by atoms with van der Waals surface area (Å²) in [5.74, 6) is 4.94. The van der Waals surface area contributed by atoms with E-state index in [0.717, 1.165) is 20.4 Å². The SMILES string of the molecule is CC(C#Cc1ccc(Cc2ccc(F)cc2)s1)N(OC(=O)Cc1ccccc1Nc1ccc(Cl)cc1Cl)C(N)=O. The standard InChI is InChI=1S/C30H24Cl2FN3O3S/c1-19(6-12-24-13-14-25(40-24)16-20-7-10-23(33)11-8-20)36(30(34)38)39-29(37)17-21-4-2-3-5-27(21)35-28-15-9-22(31)18-26(28)32/h2-5,7-11,13-15,18-19,35H,16-17H2,1H3,(H2,34,38). The number of para-hydroxylation sites is 1. The monoisotopic (exact) mass is 595 g/mol. The van der Waals surface area contributed by atoms with Crippen molar-refractivity contribution in [1.29, 1.82) is 0 Å². The van der Waals surface area contributed by atoms with Crippen LogP contribution in [0.2, 0.25) is 10.0 Å². The molecule has 0 fully saturated rings. The Kier molecular flexibility index (Phi) is 9.67. The predicted octanol–water partition coefficient (Wildman–Crippen LogP) is 7.35. The Bertz CT molecular complexity index is 1580. The molecule has 0 aliphatic carbocycles. The Morgan fingerprint density at radius 2 is 1.80 bits per heavy atom. The zero-order chi connectivity index (χ0) is 28.6. The van der Waals surface area contributed by atoms with Crippen LogP contribution in [0.1, 0.15) is 27.8 Å². The highest BCUT2D eigenvalue weighted by atomic mass is 35.5. The smallest absolute Gasteiger partial charge is 0.349 e. The fourth-order valence-electron chi connectivity index (χ4n) is 3.72. The van der Waals surface area contributed by atoms with E-state index in [-0.39, 0.29) is 12.2 Å². The van der Waals surface area contributed by atoms with Crippen molar-refractivity contribution in [1.82, 2.24) is 5.06 Å². The third-order valence-electron chi connectivity index (χ3n) is 5.68. The van der Waals surface area contributed by atoms with Gasteiger partial charge in [-0.25, -0.2) is 14.0 Å². The summed E-state index contributed by atoms with van der Waals surface area (Å²) in [6.45, 7) is 1.61. The molecular formula is C30H24Cl2FN3O3S. The molecule has 3 N–H and O–H groups in total. The van der Waals surface area contributed by atoms with Gasteiger partial charge in [0.15, 0.2) is 0 Å². The molecule has 4 aromatic rings. The molecule has 40 heavy (non-hydrogen) atoms. The lowest BCUT2D eigenvalue weighted by molar-refractivity contribution is -0.178. The Balaban J connectivity index is 1.40.